The van der Waals surface area contributed by atoms with Gasteiger partial charge in [-0.1, -0.05) is 41.9 Å². The number of hydrogen-bond donors (Lipinski definition) is 1. The van der Waals surface area contributed by atoms with Gasteiger partial charge in [-0.2, -0.15) is 0 Å². The summed E-state index contributed by atoms with van der Waals surface area (Å²) in [5.41, 5.74) is 0.944. The fourth-order valence-electron chi connectivity index (χ4n) is 3.12. The zero-order chi connectivity index (χ0) is 19.9. The highest BCUT2D eigenvalue weighted by atomic mass is 35.5. The number of hydrogen-bond acceptors (Lipinski definition) is 4. The molecule has 2 amide bonds. The number of carbonyl (C=O) groups excluding carboxylic acids is 2. The van der Waals surface area contributed by atoms with Crippen LogP contribution in [-0.2, 0) is 16.1 Å². The minimum atomic E-state index is -0.546. The molecule has 1 atom stereocenters. The van der Waals surface area contributed by atoms with Crippen molar-refractivity contribution in [3.05, 3.63) is 63.3 Å². The van der Waals surface area contributed by atoms with Crippen LogP contribution in [0.5, 0.6) is 0 Å². The van der Waals surface area contributed by atoms with E-state index in [0.29, 0.717) is 13.1 Å². The first-order chi connectivity index (χ1) is 13.5. The van der Waals surface area contributed by atoms with E-state index in [2.05, 4.69) is 10.2 Å². The molecule has 2 aromatic rings. The summed E-state index contributed by atoms with van der Waals surface area (Å²) in [7, 11) is 0. The Morgan fingerprint density at radius 1 is 1.14 bits per heavy atom. The first kappa shape index (κ1) is 20.6. The highest BCUT2D eigenvalue weighted by molar-refractivity contribution is 7.16. The molecular formula is C21H24ClN3O2S. The zero-order valence-electron chi connectivity index (χ0n) is 15.8. The normalized spacial score (nSPS) is 16.3. The van der Waals surface area contributed by atoms with Crippen molar-refractivity contribution in [1.82, 2.24) is 15.1 Å². The number of halogens is 1. The molecule has 1 aliphatic rings. The van der Waals surface area contributed by atoms with E-state index in [1.165, 1.54) is 11.0 Å². The summed E-state index contributed by atoms with van der Waals surface area (Å²) < 4.78 is 0.801. The zero-order valence-corrected chi connectivity index (χ0v) is 17.4. The molecule has 0 aliphatic carbocycles. The van der Waals surface area contributed by atoms with Crippen LogP contribution < -0.4 is 5.32 Å². The van der Waals surface area contributed by atoms with Gasteiger partial charge in [-0.15, -0.1) is 11.3 Å². The third-order valence-corrected chi connectivity index (χ3v) is 5.86. The second kappa shape index (κ2) is 9.87. The molecule has 1 unspecified atom stereocenters. The Morgan fingerprint density at radius 3 is 2.50 bits per heavy atom. The van der Waals surface area contributed by atoms with Gasteiger partial charge in [0.15, 0.2) is 0 Å². The summed E-state index contributed by atoms with van der Waals surface area (Å²) >= 11 is 7.58. The van der Waals surface area contributed by atoms with Crippen LogP contribution in [0.3, 0.4) is 0 Å². The van der Waals surface area contributed by atoms with Gasteiger partial charge in [0.05, 0.1) is 4.34 Å². The van der Waals surface area contributed by atoms with Crippen molar-refractivity contribution in [1.29, 1.82) is 0 Å². The van der Waals surface area contributed by atoms with E-state index < -0.39 is 6.04 Å². The van der Waals surface area contributed by atoms with Gasteiger partial charge in [0.1, 0.15) is 6.04 Å². The van der Waals surface area contributed by atoms with Crippen LogP contribution in [0.15, 0.2) is 48.5 Å². The van der Waals surface area contributed by atoms with Crippen LogP contribution in [0, 0.1) is 0 Å². The van der Waals surface area contributed by atoms with Crippen molar-refractivity contribution in [2.75, 3.05) is 26.2 Å². The van der Waals surface area contributed by atoms with E-state index in [1.54, 1.807) is 24.3 Å². The Kier molecular flexibility index (Phi) is 7.25. The Hall–Kier alpha value is -2.15. The van der Waals surface area contributed by atoms with Crippen LogP contribution in [0.4, 0.5) is 0 Å². The third kappa shape index (κ3) is 5.92. The second-order valence-electron chi connectivity index (χ2n) is 6.78. The Balaban J connectivity index is 1.43. The van der Waals surface area contributed by atoms with Crippen molar-refractivity contribution in [3.63, 3.8) is 0 Å². The van der Waals surface area contributed by atoms with E-state index in [4.69, 9.17) is 11.6 Å². The number of nitrogens with one attached hydrogen (secondary N) is 1. The average molecular weight is 418 g/mol. The van der Waals surface area contributed by atoms with Crippen LogP contribution in [0.1, 0.15) is 17.4 Å². The molecule has 1 aliphatic heterocycles. The molecule has 148 valence electrons. The van der Waals surface area contributed by atoms with Crippen molar-refractivity contribution < 1.29 is 9.59 Å². The molecule has 1 saturated heterocycles. The van der Waals surface area contributed by atoms with Gasteiger partial charge in [-0.25, -0.2) is 0 Å². The van der Waals surface area contributed by atoms with Crippen LogP contribution in [-0.4, -0.2) is 53.8 Å². The largest absolute Gasteiger partial charge is 0.341 e. The molecular weight excluding hydrogens is 394 g/mol. The summed E-state index contributed by atoms with van der Waals surface area (Å²) in [6.07, 6.45) is 3.20. The molecule has 0 saturated carbocycles. The lowest BCUT2D eigenvalue weighted by atomic mass is 10.2. The number of piperazine rings is 1. The van der Waals surface area contributed by atoms with Crippen LogP contribution in [0.2, 0.25) is 4.34 Å². The maximum atomic E-state index is 12.6. The molecule has 1 fully saturated rings. The number of nitrogens with zero attached hydrogens (tertiary/aromatic N) is 2. The fraction of sp³-hybridized carbons (Fsp3) is 0.333. The van der Waals surface area contributed by atoms with Crippen LogP contribution >= 0.6 is 22.9 Å². The molecule has 1 aromatic heterocycles. The standard InChI is InChI=1S/C21H24ClN3O2S/c1-16(23-20(26)10-7-17-5-3-2-4-6-17)21(27)25-13-11-24(12-14-25)15-18-8-9-19(22)28-18/h2-10,16H,11-15H2,1H3,(H,23,26)/b10-7+. The van der Waals surface area contributed by atoms with E-state index in [0.717, 1.165) is 29.5 Å². The first-order valence-corrected chi connectivity index (χ1v) is 10.5. The molecule has 7 heteroatoms. The number of benzene rings is 1. The van der Waals surface area contributed by atoms with Gasteiger partial charge in [-0.3, -0.25) is 14.5 Å². The Labute approximate surface area is 174 Å². The minimum absolute atomic E-state index is 0.0414. The topological polar surface area (TPSA) is 52.7 Å². The third-order valence-electron chi connectivity index (χ3n) is 4.65. The monoisotopic (exact) mass is 417 g/mol. The van der Waals surface area contributed by atoms with Gasteiger partial charge in [0, 0.05) is 43.7 Å². The highest BCUT2D eigenvalue weighted by Crippen LogP contribution is 2.23. The van der Waals surface area contributed by atoms with Gasteiger partial charge < -0.3 is 10.2 Å². The molecule has 3 rings (SSSR count). The molecule has 0 bridgehead atoms. The lowest BCUT2D eigenvalue weighted by molar-refractivity contribution is -0.136. The van der Waals surface area contributed by atoms with Crippen molar-refractivity contribution in [3.8, 4) is 0 Å². The SMILES string of the molecule is CC(NC(=O)/C=C/c1ccccc1)C(=O)N1CCN(Cc2ccc(Cl)s2)CC1. The van der Waals surface area contributed by atoms with E-state index in [1.807, 2.05) is 47.4 Å². The van der Waals surface area contributed by atoms with Crippen LogP contribution in [0.25, 0.3) is 6.08 Å². The number of carbonyl (C=O) groups is 2. The number of thiophene rings is 1. The Bertz CT molecular complexity index is 829. The van der Waals surface area contributed by atoms with Gasteiger partial charge in [0.2, 0.25) is 11.8 Å². The Morgan fingerprint density at radius 2 is 1.86 bits per heavy atom. The molecule has 0 radical (unpaired) electrons. The van der Waals surface area contributed by atoms with E-state index in [-0.39, 0.29) is 11.8 Å². The summed E-state index contributed by atoms with van der Waals surface area (Å²) in [5.74, 6) is -0.307. The van der Waals surface area contributed by atoms with E-state index in [9.17, 15) is 9.59 Å². The molecule has 2 heterocycles. The van der Waals surface area contributed by atoms with Gasteiger partial charge in [-0.05, 0) is 30.7 Å². The molecule has 0 spiro atoms. The van der Waals surface area contributed by atoms with Crippen molar-refractivity contribution >= 4 is 40.8 Å². The van der Waals surface area contributed by atoms with Crippen molar-refractivity contribution in [2.24, 2.45) is 0 Å². The molecule has 28 heavy (non-hydrogen) atoms. The summed E-state index contributed by atoms with van der Waals surface area (Å²) in [6.45, 7) is 5.55. The number of amides is 2. The average Bonchev–Trinajstić information content (AvgIpc) is 3.12. The number of rotatable bonds is 6. The lowest BCUT2D eigenvalue weighted by Gasteiger charge is -2.35. The summed E-state index contributed by atoms with van der Waals surface area (Å²) in [4.78, 5) is 30.1. The predicted octanol–water partition coefficient (Wildman–Crippen LogP) is 3.26. The van der Waals surface area contributed by atoms with Gasteiger partial charge >= 0.3 is 0 Å². The minimum Gasteiger partial charge on any atom is -0.341 e. The molecule has 1 aromatic carbocycles. The van der Waals surface area contributed by atoms with E-state index >= 15 is 0 Å². The maximum absolute atomic E-state index is 12.6. The predicted molar refractivity (Wildman–Crippen MR) is 114 cm³/mol. The lowest BCUT2D eigenvalue weighted by Crippen LogP contribution is -2.53. The van der Waals surface area contributed by atoms with Gasteiger partial charge in [0.25, 0.3) is 0 Å². The molecule has 5 nitrogen and oxygen atoms in total. The fourth-order valence-corrected chi connectivity index (χ4v) is 4.25. The summed E-state index contributed by atoms with van der Waals surface area (Å²) in [5, 5.41) is 2.76. The maximum Gasteiger partial charge on any atom is 0.244 e. The summed E-state index contributed by atoms with van der Waals surface area (Å²) in [6, 6.07) is 13.0. The molecule has 1 N–H and O–H groups in total. The smallest absolute Gasteiger partial charge is 0.244 e. The first-order valence-electron chi connectivity index (χ1n) is 9.30. The quantitative estimate of drug-likeness (QED) is 0.734. The van der Waals surface area contributed by atoms with Crippen molar-refractivity contribution in [2.45, 2.75) is 19.5 Å². The second-order valence-corrected chi connectivity index (χ2v) is 8.58. The highest BCUT2D eigenvalue weighted by Gasteiger charge is 2.25.